The average molecular weight is 342 g/mol. The van der Waals surface area contributed by atoms with Gasteiger partial charge in [0, 0.05) is 57.4 Å². The minimum atomic E-state index is -0.212. The molecule has 0 spiro atoms. The van der Waals surface area contributed by atoms with Gasteiger partial charge >= 0.3 is 6.03 Å². The maximum Gasteiger partial charge on any atom is 0.320 e. The number of carbonyl (C=O) groups is 1. The molecule has 0 N–H and O–H groups in total. The van der Waals surface area contributed by atoms with Crippen molar-refractivity contribution >= 4 is 16.9 Å². The number of amides is 2. The molecule has 1 aromatic carbocycles. The van der Waals surface area contributed by atoms with E-state index in [0.29, 0.717) is 12.6 Å². The molecule has 4 rings (SSSR count). The third-order valence-corrected chi connectivity index (χ3v) is 5.39. The van der Waals surface area contributed by atoms with E-state index in [1.807, 2.05) is 24.1 Å². The Labute approximate surface area is 147 Å². The molecule has 0 saturated carbocycles. The summed E-state index contributed by atoms with van der Waals surface area (Å²) < 4.78 is 13.9. The summed E-state index contributed by atoms with van der Waals surface area (Å²) in [4.78, 5) is 22.7. The summed E-state index contributed by atoms with van der Waals surface area (Å²) in [5, 5.41) is 0.845. The van der Waals surface area contributed by atoms with E-state index in [4.69, 9.17) is 0 Å². The Balaban J connectivity index is 1.43. The zero-order valence-electron chi connectivity index (χ0n) is 14.5. The van der Waals surface area contributed by atoms with Crippen LogP contribution in [0.3, 0.4) is 0 Å². The highest BCUT2D eigenvalue weighted by atomic mass is 19.1. The van der Waals surface area contributed by atoms with Crippen LogP contribution in [-0.4, -0.2) is 65.0 Å². The SMILES string of the molecule is CN1CCN(C2CCN(Cc3cc(F)cc4cccnc34)CC2)C1=O. The molecule has 5 nitrogen and oxygen atoms in total. The number of carbonyl (C=O) groups excluding carboxylic acids is 1. The van der Waals surface area contributed by atoms with Crippen LogP contribution in [-0.2, 0) is 6.54 Å². The lowest BCUT2D eigenvalue weighted by Crippen LogP contribution is -2.46. The number of hydrogen-bond donors (Lipinski definition) is 0. The van der Waals surface area contributed by atoms with E-state index < -0.39 is 0 Å². The van der Waals surface area contributed by atoms with Gasteiger partial charge in [-0.3, -0.25) is 9.88 Å². The van der Waals surface area contributed by atoms with Gasteiger partial charge in [-0.2, -0.15) is 0 Å². The van der Waals surface area contributed by atoms with Crippen LogP contribution in [0, 0.1) is 5.82 Å². The molecule has 25 heavy (non-hydrogen) atoms. The van der Waals surface area contributed by atoms with E-state index in [1.165, 1.54) is 6.07 Å². The Kier molecular flexibility index (Phi) is 4.29. The summed E-state index contributed by atoms with van der Waals surface area (Å²) in [5.41, 5.74) is 1.81. The van der Waals surface area contributed by atoms with Crippen LogP contribution in [0.5, 0.6) is 0 Å². The van der Waals surface area contributed by atoms with Crippen molar-refractivity contribution in [1.82, 2.24) is 19.7 Å². The highest BCUT2D eigenvalue weighted by Gasteiger charge is 2.33. The second-order valence-electron chi connectivity index (χ2n) is 7.04. The first-order valence-corrected chi connectivity index (χ1v) is 8.89. The zero-order valence-corrected chi connectivity index (χ0v) is 14.5. The molecule has 2 fully saturated rings. The summed E-state index contributed by atoms with van der Waals surface area (Å²) in [6.07, 6.45) is 3.70. The zero-order chi connectivity index (χ0) is 17.4. The maximum absolute atomic E-state index is 13.9. The standard InChI is InChI=1S/C19H23FN4O/c1-22-9-10-24(19(22)25)17-4-7-23(8-5-17)13-15-12-16(20)11-14-3-2-6-21-18(14)15/h2-3,6,11-12,17H,4-5,7-10,13H2,1H3. The topological polar surface area (TPSA) is 39.7 Å². The molecule has 0 bridgehead atoms. The van der Waals surface area contributed by atoms with Gasteiger partial charge in [-0.15, -0.1) is 0 Å². The number of likely N-dealkylation sites (tertiary alicyclic amines) is 1. The van der Waals surface area contributed by atoms with Crippen LogP contribution < -0.4 is 0 Å². The van der Waals surface area contributed by atoms with Gasteiger partial charge in [-0.25, -0.2) is 9.18 Å². The Hall–Kier alpha value is -2.21. The van der Waals surface area contributed by atoms with Crippen molar-refractivity contribution in [2.45, 2.75) is 25.4 Å². The van der Waals surface area contributed by atoms with Crippen molar-refractivity contribution in [3.05, 3.63) is 41.8 Å². The molecular weight excluding hydrogens is 319 g/mol. The van der Waals surface area contributed by atoms with Gasteiger partial charge in [0.1, 0.15) is 5.82 Å². The number of fused-ring (bicyclic) bond motifs is 1. The van der Waals surface area contributed by atoms with E-state index in [9.17, 15) is 9.18 Å². The van der Waals surface area contributed by atoms with Crippen molar-refractivity contribution < 1.29 is 9.18 Å². The fraction of sp³-hybridized carbons (Fsp3) is 0.474. The lowest BCUT2D eigenvalue weighted by molar-refractivity contribution is 0.128. The number of aromatic nitrogens is 1. The van der Waals surface area contributed by atoms with Crippen molar-refractivity contribution in [2.75, 3.05) is 33.2 Å². The maximum atomic E-state index is 13.9. The van der Waals surface area contributed by atoms with Gasteiger partial charge in [-0.1, -0.05) is 6.07 Å². The van der Waals surface area contributed by atoms with Crippen LogP contribution in [0.15, 0.2) is 30.5 Å². The second kappa shape index (κ2) is 6.59. The first-order chi connectivity index (χ1) is 12.1. The van der Waals surface area contributed by atoms with Crippen molar-refractivity contribution in [2.24, 2.45) is 0 Å². The van der Waals surface area contributed by atoms with E-state index >= 15 is 0 Å². The monoisotopic (exact) mass is 342 g/mol. The summed E-state index contributed by atoms with van der Waals surface area (Å²) in [6, 6.07) is 7.35. The predicted octanol–water partition coefficient (Wildman–Crippen LogP) is 2.71. The highest BCUT2D eigenvalue weighted by molar-refractivity contribution is 5.81. The highest BCUT2D eigenvalue weighted by Crippen LogP contribution is 2.24. The number of hydrogen-bond acceptors (Lipinski definition) is 3. The molecule has 3 heterocycles. The Bertz CT molecular complexity index is 788. The van der Waals surface area contributed by atoms with Gasteiger partial charge in [0.15, 0.2) is 0 Å². The van der Waals surface area contributed by atoms with E-state index in [2.05, 4.69) is 9.88 Å². The summed E-state index contributed by atoms with van der Waals surface area (Å²) in [7, 11) is 1.86. The third-order valence-electron chi connectivity index (χ3n) is 5.39. The van der Waals surface area contributed by atoms with Crippen LogP contribution in [0.1, 0.15) is 18.4 Å². The van der Waals surface area contributed by atoms with E-state index in [0.717, 1.165) is 55.5 Å². The molecule has 0 atom stereocenters. The van der Waals surface area contributed by atoms with Gasteiger partial charge in [-0.05, 0) is 36.6 Å². The second-order valence-corrected chi connectivity index (χ2v) is 7.04. The molecule has 0 radical (unpaired) electrons. The first kappa shape index (κ1) is 16.3. The normalized spacial score (nSPS) is 20.0. The summed E-state index contributed by atoms with van der Waals surface area (Å²) in [6.45, 7) is 4.19. The van der Waals surface area contributed by atoms with Crippen LogP contribution in [0.4, 0.5) is 9.18 Å². The van der Waals surface area contributed by atoms with Crippen molar-refractivity contribution in [3.8, 4) is 0 Å². The van der Waals surface area contributed by atoms with Crippen LogP contribution in [0.2, 0.25) is 0 Å². The number of halogens is 1. The molecule has 0 unspecified atom stereocenters. The van der Waals surface area contributed by atoms with E-state index in [1.54, 1.807) is 17.2 Å². The Morgan fingerprint density at radius 2 is 2.00 bits per heavy atom. The molecule has 2 amide bonds. The molecule has 6 heteroatoms. The largest absolute Gasteiger partial charge is 0.326 e. The molecule has 1 aromatic heterocycles. The molecule has 2 saturated heterocycles. The van der Waals surface area contributed by atoms with Crippen LogP contribution in [0.25, 0.3) is 10.9 Å². The Morgan fingerprint density at radius 3 is 2.72 bits per heavy atom. The number of pyridine rings is 1. The van der Waals surface area contributed by atoms with Crippen molar-refractivity contribution in [1.29, 1.82) is 0 Å². The smallest absolute Gasteiger partial charge is 0.320 e. The number of nitrogens with zero attached hydrogens (tertiary/aromatic N) is 4. The minimum Gasteiger partial charge on any atom is -0.326 e. The third kappa shape index (κ3) is 3.18. The molecule has 2 aliphatic rings. The van der Waals surface area contributed by atoms with Crippen molar-refractivity contribution in [3.63, 3.8) is 0 Å². The van der Waals surface area contributed by atoms with Gasteiger partial charge < -0.3 is 9.80 Å². The molecule has 132 valence electrons. The fourth-order valence-electron chi connectivity index (χ4n) is 3.99. The lowest BCUT2D eigenvalue weighted by atomic mass is 10.0. The first-order valence-electron chi connectivity index (χ1n) is 8.89. The minimum absolute atomic E-state index is 0.152. The van der Waals surface area contributed by atoms with Gasteiger partial charge in [0.25, 0.3) is 0 Å². The Morgan fingerprint density at radius 1 is 1.20 bits per heavy atom. The van der Waals surface area contributed by atoms with Gasteiger partial charge in [0.05, 0.1) is 5.52 Å². The number of urea groups is 1. The number of piperidine rings is 1. The number of likely N-dealkylation sites (N-methyl/N-ethyl adjacent to an activating group) is 1. The molecule has 0 aliphatic carbocycles. The predicted molar refractivity (Wildman–Crippen MR) is 94.7 cm³/mol. The lowest BCUT2D eigenvalue weighted by Gasteiger charge is -2.36. The quantitative estimate of drug-likeness (QED) is 0.861. The average Bonchev–Trinajstić information content (AvgIpc) is 2.95. The molecule has 2 aliphatic heterocycles. The summed E-state index contributed by atoms with van der Waals surface area (Å²) in [5.74, 6) is -0.212. The van der Waals surface area contributed by atoms with Gasteiger partial charge in [0.2, 0.25) is 0 Å². The summed E-state index contributed by atoms with van der Waals surface area (Å²) >= 11 is 0. The number of rotatable bonds is 3. The van der Waals surface area contributed by atoms with E-state index in [-0.39, 0.29) is 11.8 Å². The molecular formula is C19H23FN4O. The number of benzene rings is 1. The van der Waals surface area contributed by atoms with Crippen LogP contribution >= 0.6 is 0 Å². The molecule has 2 aromatic rings. The fourth-order valence-corrected chi connectivity index (χ4v) is 3.99.